The molecule has 45 heavy (non-hydrogen) atoms. The predicted octanol–water partition coefficient (Wildman–Crippen LogP) is 4.39. The van der Waals surface area contributed by atoms with Crippen LogP contribution in [-0.2, 0) is 13.1 Å². The Hall–Kier alpha value is -3.53. The van der Waals surface area contributed by atoms with E-state index in [1.807, 2.05) is 39.1 Å². The lowest BCUT2D eigenvalue weighted by Crippen LogP contribution is -2.51. The zero-order valence-electron chi connectivity index (χ0n) is 28.2. The van der Waals surface area contributed by atoms with Gasteiger partial charge in [-0.15, -0.1) is 0 Å². The molecule has 1 aromatic carbocycles. The Morgan fingerprint density at radius 2 is 1.73 bits per heavy atom. The van der Waals surface area contributed by atoms with Gasteiger partial charge in [0.25, 0.3) is 11.5 Å². The number of piperazine rings is 1. The second-order valence-electron chi connectivity index (χ2n) is 13.3. The first kappa shape index (κ1) is 32.9. The van der Waals surface area contributed by atoms with Gasteiger partial charge in [0, 0.05) is 98.2 Å². The van der Waals surface area contributed by atoms with Gasteiger partial charge in [0.2, 0.25) is 0 Å². The number of piperidine rings is 1. The SMILES string of the molecule is CCN(c1cc(-c2ccc(CN3CCN(C)CC3)nc2)cc(C(=O)NCc2c(C)cc(C)[nH]c2=O)c1C)C1CC(C)NC(C)C1. The van der Waals surface area contributed by atoms with Crippen molar-refractivity contribution in [2.24, 2.45) is 0 Å². The van der Waals surface area contributed by atoms with Gasteiger partial charge in [-0.3, -0.25) is 19.5 Å². The van der Waals surface area contributed by atoms with Crippen LogP contribution in [0.25, 0.3) is 11.1 Å². The first-order valence-corrected chi connectivity index (χ1v) is 16.5. The van der Waals surface area contributed by atoms with Crippen LogP contribution in [0.5, 0.6) is 0 Å². The number of nitrogens with zero attached hydrogens (tertiary/aromatic N) is 4. The van der Waals surface area contributed by atoms with Crippen molar-refractivity contribution in [1.82, 2.24) is 30.4 Å². The normalized spacial score (nSPS) is 21.1. The molecule has 2 aliphatic heterocycles. The van der Waals surface area contributed by atoms with Crippen LogP contribution >= 0.6 is 0 Å². The molecule has 2 aliphatic rings. The summed E-state index contributed by atoms with van der Waals surface area (Å²) in [5.74, 6) is -0.183. The van der Waals surface area contributed by atoms with Crippen LogP contribution in [0.4, 0.5) is 5.69 Å². The van der Waals surface area contributed by atoms with Crippen LogP contribution in [-0.4, -0.2) is 83.6 Å². The third kappa shape index (κ3) is 7.83. The number of hydrogen-bond acceptors (Lipinski definition) is 7. The molecule has 9 heteroatoms. The van der Waals surface area contributed by atoms with Crippen LogP contribution in [0, 0.1) is 20.8 Å². The Morgan fingerprint density at radius 3 is 2.36 bits per heavy atom. The maximum absolute atomic E-state index is 13.9. The Balaban J connectivity index is 1.47. The second kappa shape index (κ2) is 14.3. The monoisotopic (exact) mass is 613 g/mol. The van der Waals surface area contributed by atoms with Crippen molar-refractivity contribution in [3.63, 3.8) is 0 Å². The molecule has 3 aromatic rings. The second-order valence-corrected chi connectivity index (χ2v) is 13.3. The number of hydrogen-bond donors (Lipinski definition) is 3. The zero-order valence-corrected chi connectivity index (χ0v) is 28.2. The fraction of sp³-hybridized carbons (Fsp3) is 0.528. The lowest BCUT2D eigenvalue weighted by atomic mass is 9.91. The molecule has 2 aromatic heterocycles. The Bertz CT molecular complexity index is 1530. The zero-order chi connectivity index (χ0) is 32.2. The molecule has 0 saturated carbocycles. The Kier molecular flexibility index (Phi) is 10.4. The van der Waals surface area contributed by atoms with Crippen molar-refractivity contribution in [3.05, 3.63) is 80.5 Å². The number of rotatable bonds is 9. The summed E-state index contributed by atoms with van der Waals surface area (Å²) in [6.07, 6.45) is 4.03. The minimum Gasteiger partial charge on any atom is -0.368 e. The topological polar surface area (TPSA) is 96.6 Å². The van der Waals surface area contributed by atoms with Crippen molar-refractivity contribution >= 4 is 11.6 Å². The van der Waals surface area contributed by atoms with Crippen molar-refractivity contribution in [2.45, 2.75) is 85.6 Å². The predicted molar refractivity (Wildman–Crippen MR) is 183 cm³/mol. The molecule has 242 valence electrons. The Labute approximate surface area is 268 Å². The van der Waals surface area contributed by atoms with Crippen molar-refractivity contribution in [3.8, 4) is 11.1 Å². The van der Waals surface area contributed by atoms with Gasteiger partial charge in [-0.05, 0) is 102 Å². The average Bonchev–Trinajstić information content (AvgIpc) is 2.99. The molecule has 0 aliphatic carbocycles. The number of aromatic amines is 1. The largest absolute Gasteiger partial charge is 0.368 e. The molecule has 1 amide bonds. The van der Waals surface area contributed by atoms with Crippen LogP contribution in [0.1, 0.15) is 72.0 Å². The molecule has 2 saturated heterocycles. The summed E-state index contributed by atoms with van der Waals surface area (Å²) in [6.45, 7) is 18.6. The van der Waals surface area contributed by atoms with Crippen LogP contribution in [0.2, 0.25) is 0 Å². The summed E-state index contributed by atoms with van der Waals surface area (Å²) >= 11 is 0. The van der Waals surface area contributed by atoms with E-state index in [9.17, 15) is 9.59 Å². The molecule has 4 heterocycles. The van der Waals surface area contributed by atoms with Gasteiger partial charge in [0.05, 0.1) is 5.69 Å². The summed E-state index contributed by atoms with van der Waals surface area (Å²) in [5.41, 5.74) is 7.77. The summed E-state index contributed by atoms with van der Waals surface area (Å²) in [4.78, 5) is 41.6. The Morgan fingerprint density at radius 1 is 1.02 bits per heavy atom. The van der Waals surface area contributed by atoms with Gasteiger partial charge < -0.3 is 25.4 Å². The van der Waals surface area contributed by atoms with E-state index in [2.05, 4.69) is 76.3 Å². The van der Waals surface area contributed by atoms with E-state index >= 15 is 0 Å². The number of nitrogens with one attached hydrogen (secondary N) is 3. The summed E-state index contributed by atoms with van der Waals surface area (Å²) in [5, 5.41) is 6.73. The number of aryl methyl sites for hydroxylation is 2. The number of anilines is 1. The lowest BCUT2D eigenvalue weighted by molar-refractivity contribution is 0.0950. The number of pyridine rings is 2. The summed E-state index contributed by atoms with van der Waals surface area (Å²) < 4.78 is 0. The van der Waals surface area contributed by atoms with Crippen LogP contribution in [0.15, 0.2) is 41.3 Å². The highest BCUT2D eigenvalue weighted by atomic mass is 16.1. The van der Waals surface area contributed by atoms with Crippen LogP contribution < -0.4 is 21.1 Å². The third-order valence-electron chi connectivity index (χ3n) is 9.60. The molecule has 3 N–H and O–H groups in total. The third-order valence-corrected chi connectivity index (χ3v) is 9.60. The molecule has 9 nitrogen and oxygen atoms in total. The van der Waals surface area contributed by atoms with E-state index in [4.69, 9.17) is 4.98 Å². The summed E-state index contributed by atoms with van der Waals surface area (Å²) in [7, 11) is 2.17. The van der Waals surface area contributed by atoms with Gasteiger partial charge in [-0.2, -0.15) is 0 Å². The molecular formula is C36H51N7O2. The van der Waals surface area contributed by atoms with Gasteiger partial charge in [0.1, 0.15) is 0 Å². The maximum Gasteiger partial charge on any atom is 0.253 e. The molecule has 2 unspecified atom stereocenters. The molecule has 0 bridgehead atoms. The minimum absolute atomic E-state index is 0.159. The van der Waals surface area contributed by atoms with Gasteiger partial charge >= 0.3 is 0 Å². The molecule has 0 spiro atoms. The number of amides is 1. The van der Waals surface area contributed by atoms with Crippen molar-refractivity contribution < 1.29 is 4.79 Å². The number of carbonyl (C=O) groups is 1. The number of benzene rings is 1. The number of H-pyrrole nitrogens is 1. The molecule has 0 radical (unpaired) electrons. The van der Waals surface area contributed by atoms with Gasteiger partial charge in [0.15, 0.2) is 0 Å². The highest BCUT2D eigenvalue weighted by Gasteiger charge is 2.29. The maximum atomic E-state index is 13.9. The molecular weight excluding hydrogens is 562 g/mol. The smallest absolute Gasteiger partial charge is 0.253 e. The lowest BCUT2D eigenvalue weighted by Gasteiger charge is -2.41. The van der Waals surface area contributed by atoms with Crippen LogP contribution in [0.3, 0.4) is 0 Å². The van der Waals surface area contributed by atoms with E-state index in [1.165, 1.54) is 0 Å². The van der Waals surface area contributed by atoms with E-state index in [1.54, 1.807) is 0 Å². The fourth-order valence-electron chi connectivity index (χ4n) is 7.10. The van der Waals surface area contributed by atoms with E-state index in [-0.39, 0.29) is 18.0 Å². The highest BCUT2D eigenvalue weighted by molar-refractivity contribution is 5.99. The van der Waals surface area contributed by atoms with E-state index < -0.39 is 0 Å². The van der Waals surface area contributed by atoms with Gasteiger partial charge in [-0.1, -0.05) is 6.07 Å². The summed E-state index contributed by atoms with van der Waals surface area (Å²) in [6, 6.07) is 11.6. The average molecular weight is 614 g/mol. The minimum atomic E-state index is -0.183. The molecule has 2 atom stereocenters. The number of carbonyl (C=O) groups excluding carboxylic acids is 1. The van der Waals surface area contributed by atoms with Gasteiger partial charge in [-0.25, -0.2) is 0 Å². The van der Waals surface area contributed by atoms with E-state index in [0.717, 1.165) is 91.4 Å². The van der Waals surface area contributed by atoms with E-state index in [0.29, 0.717) is 29.3 Å². The standard InChI is InChI=1S/C36H51N7O2/c1-8-43(31-16-25(4)39-26(5)17-31)34-19-29(28-9-10-30(37-20-28)22-42-13-11-41(7)12-14-42)18-32(27(34)6)35(44)38-21-33-23(2)15-24(3)40-36(33)45/h9-10,15,18-20,25-26,31,39H,8,11-14,16-17,21-22H2,1-7H3,(H,38,44)(H,40,45). The number of likely N-dealkylation sites (N-methyl/N-ethyl adjacent to an activating group) is 1. The molecule has 2 fully saturated rings. The first-order chi connectivity index (χ1) is 21.5. The first-order valence-electron chi connectivity index (χ1n) is 16.5. The molecule has 5 rings (SSSR count). The number of aromatic nitrogens is 2. The fourth-order valence-corrected chi connectivity index (χ4v) is 7.10. The highest BCUT2D eigenvalue weighted by Crippen LogP contribution is 2.34. The van der Waals surface area contributed by atoms with Crippen molar-refractivity contribution in [2.75, 3.05) is 44.7 Å². The quantitative estimate of drug-likeness (QED) is 0.329. The van der Waals surface area contributed by atoms with Crippen molar-refractivity contribution in [1.29, 1.82) is 0 Å².